The topological polar surface area (TPSA) is 75.7 Å². The molecule has 0 aliphatic carbocycles. The molecule has 26 heavy (non-hydrogen) atoms. The van der Waals surface area contributed by atoms with Gasteiger partial charge in [-0.05, 0) is 24.8 Å². The van der Waals surface area contributed by atoms with Crippen molar-refractivity contribution < 1.29 is 19.1 Å². The molecule has 1 aliphatic heterocycles. The van der Waals surface area contributed by atoms with Gasteiger partial charge in [-0.25, -0.2) is 4.79 Å². The molecule has 1 fully saturated rings. The lowest BCUT2D eigenvalue weighted by atomic mass is 10.0. The molecule has 1 saturated heterocycles. The summed E-state index contributed by atoms with van der Waals surface area (Å²) in [5.74, 6) is -0.884. The summed E-state index contributed by atoms with van der Waals surface area (Å²) in [7, 11) is 0. The molecule has 2 rings (SSSR count). The lowest BCUT2D eigenvalue weighted by Gasteiger charge is -2.21. The van der Waals surface area contributed by atoms with Gasteiger partial charge in [-0.1, -0.05) is 44.2 Å². The van der Waals surface area contributed by atoms with Crippen molar-refractivity contribution >= 4 is 17.8 Å². The molecule has 2 atom stereocenters. The van der Waals surface area contributed by atoms with Gasteiger partial charge in [0.2, 0.25) is 11.8 Å². The van der Waals surface area contributed by atoms with E-state index in [1.165, 1.54) is 0 Å². The van der Waals surface area contributed by atoms with Gasteiger partial charge in [0, 0.05) is 19.5 Å². The summed E-state index contributed by atoms with van der Waals surface area (Å²) in [6.07, 6.45) is 0.699. The van der Waals surface area contributed by atoms with Crippen LogP contribution >= 0.6 is 0 Å². The minimum Gasteiger partial charge on any atom is -0.459 e. The highest BCUT2D eigenvalue weighted by atomic mass is 16.5. The predicted molar refractivity (Wildman–Crippen MR) is 98.0 cm³/mol. The van der Waals surface area contributed by atoms with Crippen LogP contribution < -0.4 is 5.32 Å². The van der Waals surface area contributed by atoms with E-state index < -0.39 is 17.9 Å². The second-order valence-corrected chi connectivity index (χ2v) is 7.12. The lowest BCUT2D eigenvalue weighted by molar-refractivity contribution is -0.150. The van der Waals surface area contributed by atoms with E-state index in [-0.39, 0.29) is 30.8 Å². The number of hydrogen-bond acceptors (Lipinski definition) is 4. The molecular weight excluding hydrogens is 332 g/mol. The molecule has 1 aromatic rings. The first-order valence-corrected chi connectivity index (χ1v) is 9.19. The number of benzene rings is 1. The second kappa shape index (κ2) is 9.36. The molecule has 142 valence electrons. The number of likely N-dealkylation sites (tertiary alicyclic amines) is 1. The van der Waals surface area contributed by atoms with Crippen LogP contribution in [0.1, 0.15) is 39.2 Å². The Kier molecular flexibility index (Phi) is 7.18. The monoisotopic (exact) mass is 360 g/mol. The Labute approximate surface area is 154 Å². The zero-order chi connectivity index (χ0) is 19.1. The highest BCUT2D eigenvalue weighted by Gasteiger charge is 2.35. The molecule has 2 amide bonds. The number of nitrogens with one attached hydrogen (secondary N) is 1. The van der Waals surface area contributed by atoms with Gasteiger partial charge in [-0.3, -0.25) is 9.59 Å². The summed E-state index contributed by atoms with van der Waals surface area (Å²) in [4.78, 5) is 38.5. The van der Waals surface area contributed by atoms with Gasteiger partial charge in [0.05, 0.1) is 5.92 Å². The van der Waals surface area contributed by atoms with Crippen LogP contribution in [0.3, 0.4) is 0 Å². The number of hydrogen-bond donors (Lipinski definition) is 1. The average molecular weight is 360 g/mol. The van der Waals surface area contributed by atoms with Crippen molar-refractivity contribution in [2.45, 2.75) is 46.3 Å². The van der Waals surface area contributed by atoms with Crippen LogP contribution in [-0.2, 0) is 25.7 Å². The number of nitrogens with zero attached hydrogens (tertiary/aromatic N) is 1. The van der Waals surface area contributed by atoms with Gasteiger partial charge >= 0.3 is 5.97 Å². The fourth-order valence-electron chi connectivity index (χ4n) is 3.06. The van der Waals surface area contributed by atoms with Gasteiger partial charge in [0.1, 0.15) is 12.6 Å². The highest BCUT2D eigenvalue weighted by molar-refractivity contribution is 5.91. The molecule has 1 unspecified atom stereocenters. The van der Waals surface area contributed by atoms with Crippen LogP contribution in [0, 0.1) is 11.8 Å². The number of amides is 2. The summed E-state index contributed by atoms with van der Waals surface area (Å²) in [5, 5.41) is 2.80. The maximum Gasteiger partial charge on any atom is 0.328 e. The minimum absolute atomic E-state index is 0.0142. The van der Waals surface area contributed by atoms with Gasteiger partial charge in [-0.15, -0.1) is 0 Å². The molecule has 6 heteroatoms. The first kappa shape index (κ1) is 19.9. The quantitative estimate of drug-likeness (QED) is 0.721. The van der Waals surface area contributed by atoms with Gasteiger partial charge in [0.25, 0.3) is 0 Å². The number of ether oxygens (including phenoxy) is 1. The smallest absolute Gasteiger partial charge is 0.328 e. The van der Waals surface area contributed by atoms with Gasteiger partial charge < -0.3 is 15.0 Å². The largest absolute Gasteiger partial charge is 0.459 e. The Bertz CT molecular complexity index is 630. The van der Waals surface area contributed by atoms with Crippen LogP contribution in [0.25, 0.3) is 0 Å². The van der Waals surface area contributed by atoms with Crippen LogP contribution in [0.2, 0.25) is 0 Å². The molecule has 0 saturated carbocycles. The fraction of sp³-hybridized carbons (Fsp3) is 0.550. The Hall–Kier alpha value is -2.37. The zero-order valence-corrected chi connectivity index (χ0v) is 15.7. The highest BCUT2D eigenvalue weighted by Crippen LogP contribution is 2.18. The standard InChI is InChI=1S/C20H28N2O4/c1-4-22-12-16(11-18(22)23)19(24)21-17(10-14(2)3)20(25)26-13-15-8-6-5-7-9-15/h5-9,14,16-17H,4,10-13H2,1-3H3,(H,21,24)/t16?,17-/m0/s1. The molecule has 0 spiro atoms. The maximum absolute atomic E-state index is 12.5. The molecule has 1 heterocycles. The number of rotatable bonds is 8. The Morgan fingerprint density at radius 1 is 1.27 bits per heavy atom. The van der Waals surface area contributed by atoms with E-state index in [1.54, 1.807) is 4.90 Å². The Balaban J connectivity index is 1.94. The second-order valence-electron chi connectivity index (χ2n) is 7.12. The Morgan fingerprint density at radius 3 is 2.54 bits per heavy atom. The van der Waals surface area contributed by atoms with Crippen molar-refractivity contribution in [1.82, 2.24) is 10.2 Å². The van der Waals surface area contributed by atoms with E-state index in [9.17, 15) is 14.4 Å². The number of esters is 1. The zero-order valence-electron chi connectivity index (χ0n) is 15.7. The summed E-state index contributed by atoms with van der Waals surface area (Å²) in [5.41, 5.74) is 0.899. The summed E-state index contributed by atoms with van der Waals surface area (Å²) < 4.78 is 5.39. The van der Waals surface area contributed by atoms with Gasteiger partial charge in [-0.2, -0.15) is 0 Å². The molecular formula is C20H28N2O4. The van der Waals surface area contributed by atoms with E-state index in [0.717, 1.165) is 5.56 Å². The molecule has 6 nitrogen and oxygen atoms in total. The van der Waals surface area contributed by atoms with Crippen molar-refractivity contribution in [2.75, 3.05) is 13.1 Å². The van der Waals surface area contributed by atoms with E-state index in [0.29, 0.717) is 19.5 Å². The predicted octanol–water partition coefficient (Wildman–Crippen LogP) is 2.13. The van der Waals surface area contributed by atoms with Crippen LogP contribution in [0.15, 0.2) is 30.3 Å². The third-order valence-electron chi connectivity index (χ3n) is 4.50. The van der Waals surface area contributed by atoms with Crippen LogP contribution in [-0.4, -0.2) is 41.8 Å². The first-order chi connectivity index (χ1) is 12.4. The van der Waals surface area contributed by atoms with Crippen molar-refractivity contribution in [2.24, 2.45) is 11.8 Å². The Morgan fingerprint density at radius 2 is 1.96 bits per heavy atom. The normalized spacial score (nSPS) is 18.1. The fourth-order valence-corrected chi connectivity index (χ4v) is 3.06. The summed E-state index contributed by atoms with van der Waals surface area (Å²) in [6.45, 7) is 7.05. The van der Waals surface area contributed by atoms with Crippen LogP contribution in [0.4, 0.5) is 0 Å². The summed E-state index contributed by atoms with van der Waals surface area (Å²) in [6, 6.07) is 8.73. The van der Waals surface area contributed by atoms with Gasteiger partial charge in [0.15, 0.2) is 0 Å². The van der Waals surface area contributed by atoms with E-state index in [1.807, 2.05) is 51.1 Å². The first-order valence-electron chi connectivity index (χ1n) is 9.19. The van der Waals surface area contributed by atoms with Crippen molar-refractivity contribution in [1.29, 1.82) is 0 Å². The van der Waals surface area contributed by atoms with Crippen molar-refractivity contribution in [3.05, 3.63) is 35.9 Å². The SMILES string of the molecule is CCN1CC(C(=O)N[C@@H](CC(C)C)C(=O)OCc2ccccc2)CC1=O. The maximum atomic E-state index is 12.5. The molecule has 1 N–H and O–H groups in total. The van der Waals surface area contributed by atoms with E-state index >= 15 is 0 Å². The molecule has 0 radical (unpaired) electrons. The number of carbonyl (C=O) groups excluding carboxylic acids is 3. The molecule has 1 aromatic carbocycles. The third-order valence-corrected chi connectivity index (χ3v) is 4.50. The molecule has 1 aliphatic rings. The molecule has 0 bridgehead atoms. The average Bonchev–Trinajstić information content (AvgIpc) is 3.00. The van der Waals surface area contributed by atoms with E-state index in [4.69, 9.17) is 4.74 Å². The van der Waals surface area contributed by atoms with E-state index in [2.05, 4.69) is 5.32 Å². The van der Waals surface area contributed by atoms with Crippen molar-refractivity contribution in [3.63, 3.8) is 0 Å². The third kappa shape index (κ3) is 5.58. The van der Waals surface area contributed by atoms with Crippen molar-refractivity contribution in [3.8, 4) is 0 Å². The lowest BCUT2D eigenvalue weighted by Crippen LogP contribution is -2.45. The van der Waals surface area contributed by atoms with Crippen LogP contribution in [0.5, 0.6) is 0 Å². The number of carbonyl (C=O) groups is 3. The molecule has 0 aromatic heterocycles. The minimum atomic E-state index is -0.697. The summed E-state index contributed by atoms with van der Waals surface area (Å²) >= 11 is 0.